The fourth-order valence-corrected chi connectivity index (χ4v) is 6.16. The molecule has 9 heteroatoms. The van der Waals surface area contributed by atoms with Crippen LogP contribution in [-0.2, 0) is 21.2 Å². The molecular formula is C23H24FN3O4S. The first-order valence-corrected chi connectivity index (χ1v) is 12.2. The van der Waals surface area contributed by atoms with Gasteiger partial charge >= 0.3 is 5.97 Å². The first kappa shape index (κ1) is 21.1. The van der Waals surface area contributed by atoms with Crippen LogP contribution in [0.15, 0.2) is 47.4 Å². The van der Waals surface area contributed by atoms with Crippen LogP contribution in [0, 0.1) is 11.7 Å². The number of aliphatic carboxylic acids is 1. The molecule has 7 nitrogen and oxygen atoms in total. The fraction of sp³-hybridized carbons (Fsp3) is 0.391. The number of halogens is 1. The molecule has 0 radical (unpaired) electrons. The van der Waals surface area contributed by atoms with Gasteiger partial charge in [-0.2, -0.15) is 9.40 Å². The highest BCUT2D eigenvalue weighted by atomic mass is 32.2. The predicted octanol–water partition coefficient (Wildman–Crippen LogP) is 3.56. The van der Waals surface area contributed by atoms with E-state index in [9.17, 15) is 22.7 Å². The van der Waals surface area contributed by atoms with Gasteiger partial charge in [-0.1, -0.05) is 19.1 Å². The molecule has 32 heavy (non-hydrogen) atoms. The smallest absolute Gasteiger partial charge is 0.309 e. The zero-order chi connectivity index (χ0) is 22.6. The number of rotatable bonds is 6. The van der Waals surface area contributed by atoms with E-state index in [2.05, 4.69) is 5.10 Å². The van der Waals surface area contributed by atoms with Crippen molar-refractivity contribution in [2.24, 2.45) is 5.92 Å². The van der Waals surface area contributed by atoms with E-state index in [0.29, 0.717) is 29.1 Å². The zero-order valence-corrected chi connectivity index (χ0v) is 18.4. The van der Waals surface area contributed by atoms with Gasteiger partial charge < -0.3 is 5.11 Å². The molecule has 168 valence electrons. The van der Waals surface area contributed by atoms with Gasteiger partial charge in [0.15, 0.2) is 0 Å². The topological polar surface area (TPSA) is 92.5 Å². The summed E-state index contributed by atoms with van der Waals surface area (Å²) < 4.78 is 43.6. The van der Waals surface area contributed by atoms with Crippen LogP contribution >= 0.6 is 0 Å². The van der Waals surface area contributed by atoms with Crippen molar-refractivity contribution in [2.75, 3.05) is 13.1 Å². The van der Waals surface area contributed by atoms with Crippen LogP contribution in [0.4, 0.5) is 4.39 Å². The Balaban J connectivity index is 1.46. The molecule has 2 atom stereocenters. The van der Waals surface area contributed by atoms with Gasteiger partial charge in [-0.05, 0) is 60.6 Å². The Labute approximate surface area is 185 Å². The number of aromatic nitrogens is 2. The van der Waals surface area contributed by atoms with Crippen molar-refractivity contribution in [2.45, 2.75) is 43.0 Å². The van der Waals surface area contributed by atoms with E-state index < -0.39 is 21.8 Å². The molecule has 0 unspecified atom stereocenters. The van der Waals surface area contributed by atoms with E-state index in [0.717, 1.165) is 12.8 Å². The molecule has 5 rings (SSSR count). The van der Waals surface area contributed by atoms with Crippen LogP contribution in [0.5, 0.6) is 0 Å². The number of benzene rings is 2. The second-order valence-electron chi connectivity index (χ2n) is 8.83. The Bertz CT molecular complexity index is 1300. The molecule has 1 N–H and O–H groups in total. The van der Waals surface area contributed by atoms with Crippen molar-refractivity contribution in [3.05, 3.63) is 59.5 Å². The Hall–Kier alpha value is -2.78. The van der Waals surface area contributed by atoms with Crippen molar-refractivity contribution >= 4 is 26.9 Å². The molecule has 0 spiro atoms. The fourth-order valence-electron chi connectivity index (χ4n) is 4.60. The van der Waals surface area contributed by atoms with Gasteiger partial charge in [-0.3, -0.25) is 9.48 Å². The van der Waals surface area contributed by atoms with Crippen LogP contribution in [0.2, 0.25) is 0 Å². The lowest BCUT2D eigenvalue weighted by Gasteiger charge is -2.18. The highest BCUT2D eigenvalue weighted by molar-refractivity contribution is 7.89. The highest BCUT2D eigenvalue weighted by Crippen LogP contribution is 2.40. The summed E-state index contributed by atoms with van der Waals surface area (Å²) in [5.41, 5.74) is 2.00. The third-order valence-corrected chi connectivity index (χ3v) is 8.33. The van der Waals surface area contributed by atoms with Gasteiger partial charge in [0.2, 0.25) is 10.0 Å². The van der Waals surface area contributed by atoms with Gasteiger partial charge in [-0.15, -0.1) is 0 Å². The van der Waals surface area contributed by atoms with Gasteiger partial charge in [0, 0.05) is 18.5 Å². The number of fused-ring (bicyclic) bond motifs is 1. The average Bonchev–Trinajstić information content (AvgIpc) is 3.45. The first-order valence-electron chi connectivity index (χ1n) is 10.7. The number of sulfonamides is 1. The van der Waals surface area contributed by atoms with Crippen LogP contribution in [0.25, 0.3) is 10.9 Å². The Morgan fingerprint density at radius 3 is 2.53 bits per heavy atom. The Morgan fingerprint density at radius 2 is 1.88 bits per heavy atom. The maximum Gasteiger partial charge on any atom is 0.309 e. The predicted molar refractivity (Wildman–Crippen MR) is 116 cm³/mol. The molecule has 1 saturated carbocycles. The largest absolute Gasteiger partial charge is 0.481 e. The second-order valence-corrected chi connectivity index (χ2v) is 10.8. The lowest BCUT2D eigenvalue weighted by atomic mass is 10.1. The molecular weight excluding hydrogens is 433 g/mol. The Morgan fingerprint density at radius 1 is 1.16 bits per heavy atom. The summed E-state index contributed by atoms with van der Waals surface area (Å²) in [7, 11) is -3.68. The molecule has 0 amide bonds. The molecule has 1 aliphatic carbocycles. The van der Waals surface area contributed by atoms with Crippen molar-refractivity contribution in [1.29, 1.82) is 0 Å². The van der Waals surface area contributed by atoms with E-state index in [1.807, 2.05) is 19.1 Å². The summed E-state index contributed by atoms with van der Waals surface area (Å²) >= 11 is 0. The Kier molecular flexibility index (Phi) is 5.05. The molecule has 3 aromatic rings. The van der Waals surface area contributed by atoms with Crippen molar-refractivity contribution in [3.8, 4) is 0 Å². The van der Waals surface area contributed by atoms with Gasteiger partial charge in [-0.25, -0.2) is 12.8 Å². The number of nitrogens with zero attached hydrogens (tertiary/aromatic N) is 3. The lowest BCUT2D eigenvalue weighted by Crippen LogP contribution is -2.29. The normalized spacial score (nSPS) is 21.9. The third-order valence-electron chi connectivity index (χ3n) is 6.48. The molecule has 1 aliphatic heterocycles. The lowest BCUT2D eigenvalue weighted by molar-refractivity contribution is -0.136. The minimum absolute atomic E-state index is 0.0837. The zero-order valence-electron chi connectivity index (χ0n) is 17.6. The number of carboxylic acid groups (broad SMARTS) is 1. The molecule has 2 aliphatic rings. The summed E-state index contributed by atoms with van der Waals surface area (Å²) in [4.78, 5) is 11.5. The highest BCUT2D eigenvalue weighted by Gasteiger charge is 2.39. The summed E-state index contributed by atoms with van der Waals surface area (Å²) in [5, 5.41) is 14.3. The maximum atomic E-state index is 14.0. The number of hydrogen-bond donors (Lipinski definition) is 1. The number of carbonyl (C=O) groups is 1. The molecule has 2 heterocycles. The number of hydrogen-bond acceptors (Lipinski definition) is 4. The number of carboxylic acids is 1. The van der Waals surface area contributed by atoms with Crippen LogP contribution in [-0.4, -0.2) is 46.7 Å². The van der Waals surface area contributed by atoms with Gasteiger partial charge in [0.05, 0.1) is 28.6 Å². The molecule has 2 aromatic carbocycles. The molecule has 1 saturated heterocycles. The van der Waals surface area contributed by atoms with Crippen molar-refractivity contribution in [3.63, 3.8) is 0 Å². The second kappa shape index (κ2) is 7.67. The summed E-state index contributed by atoms with van der Waals surface area (Å²) in [6.07, 6.45) is 2.02. The first-order chi connectivity index (χ1) is 15.2. The molecule has 1 aromatic heterocycles. The minimum Gasteiger partial charge on any atom is -0.481 e. The molecule has 0 bridgehead atoms. The summed E-state index contributed by atoms with van der Waals surface area (Å²) in [5.74, 6) is -1.01. The third kappa shape index (κ3) is 3.69. The van der Waals surface area contributed by atoms with Gasteiger partial charge in [0.25, 0.3) is 0 Å². The van der Waals surface area contributed by atoms with E-state index in [4.69, 9.17) is 0 Å². The van der Waals surface area contributed by atoms with E-state index in [1.54, 1.807) is 16.8 Å². The quantitative estimate of drug-likeness (QED) is 0.611. The van der Waals surface area contributed by atoms with E-state index >= 15 is 0 Å². The SMILES string of the molecule is C[C@@H]1CN(S(=O)(=O)c2ccc(C3CC3)cc2)C[C@@H]1n1nc(CC(=O)O)c2ccc(F)cc21. The summed E-state index contributed by atoms with van der Waals surface area (Å²) in [6.45, 7) is 2.43. The van der Waals surface area contributed by atoms with Gasteiger partial charge in [0.1, 0.15) is 5.82 Å². The van der Waals surface area contributed by atoms with Crippen LogP contribution in [0.3, 0.4) is 0 Å². The summed E-state index contributed by atoms with van der Waals surface area (Å²) in [6, 6.07) is 10.9. The minimum atomic E-state index is -3.68. The van der Waals surface area contributed by atoms with Crippen molar-refractivity contribution < 1.29 is 22.7 Å². The van der Waals surface area contributed by atoms with Crippen molar-refractivity contribution in [1.82, 2.24) is 14.1 Å². The monoisotopic (exact) mass is 457 g/mol. The standard InChI is InChI=1S/C23H24FN3O4S/c1-14-12-26(32(30,31)18-7-4-16(5-8-18)15-2-3-15)13-22(14)27-21-10-17(24)6-9-19(21)20(25-27)11-23(28)29/h4-10,14-15,22H,2-3,11-13H2,1H3,(H,28,29)/t14-,22+/m1/s1. The van der Waals surface area contributed by atoms with Crippen LogP contribution < -0.4 is 0 Å². The average molecular weight is 458 g/mol. The van der Waals surface area contributed by atoms with Crippen LogP contribution in [0.1, 0.15) is 43.0 Å². The molecule has 2 fully saturated rings. The van der Waals surface area contributed by atoms with E-state index in [-0.39, 0.29) is 29.8 Å². The van der Waals surface area contributed by atoms with E-state index in [1.165, 1.54) is 28.1 Å². The maximum absolute atomic E-state index is 14.0.